The van der Waals surface area contributed by atoms with Crippen LogP contribution in [0.5, 0.6) is 0 Å². The molecule has 2 atom stereocenters. The Balaban J connectivity index is 2.60. The molecule has 1 aliphatic rings. The third kappa shape index (κ3) is 4.46. The van der Waals surface area contributed by atoms with Crippen molar-refractivity contribution in [3.05, 3.63) is 0 Å². The first-order valence-corrected chi connectivity index (χ1v) is 6.96. The second-order valence-electron chi connectivity index (χ2n) is 4.08. The van der Waals surface area contributed by atoms with Gasteiger partial charge in [0.1, 0.15) is 0 Å². The summed E-state index contributed by atoms with van der Waals surface area (Å²) in [5, 5.41) is 18.1. The molecule has 1 aliphatic carbocycles. The van der Waals surface area contributed by atoms with Crippen LogP contribution in [0.15, 0.2) is 0 Å². The number of aliphatic hydroxyl groups is 1. The first-order valence-electron chi connectivity index (χ1n) is 5.30. The minimum atomic E-state index is -3.84. The van der Waals surface area contributed by atoms with Crippen LogP contribution in [0.2, 0.25) is 0 Å². The van der Waals surface area contributed by atoms with Gasteiger partial charge in [-0.3, -0.25) is 4.79 Å². The molecule has 0 amide bonds. The van der Waals surface area contributed by atoms with Gasteiger partial charge in [0, 0.05) is 6.04 Å². The topological polar surface area (TPSA) is 104 Å². The Morgan fingerprint density at radius 1 is 1.25 bits per heavy atom. The lowest BCUT2D eigenvalue weighted by Crippen LogP contribution is -2.44. The van der Waals surface area contributed by atoms with Crippen LogP contribution in [0.25, 0.3) is 0 Å². The van der Waals surface area contributed by atoms with Crippen LogP contribution < -0.4 is 4.72 Å². The smallest absolute Gasteiger partial charge is 0.320 e. The Bertz CT molecular complexity index is 340. The molecular formula is C9H17NO5S. The summed E-state index contributed by atoms with van der Waals surface area (Å²) in [6.45, 7) is 0. The van der Waals surface area contributed by atoms with E-state index in [1.54, 1.807) is 0 Å². The van der Waals surface area contributed by atoms with Crippen LogP contribution in [0.3, 0.4) is 0 Å². The van der Waals surface area contributed by atoms with Crippen molar-refractivity contribution in [3.8, 4) is 0 Å². The standard InChI is InChI=1S/C9H17NO5S/c11-8-5-3-1-2-4-7(8)10-16(14,15)6-9(12)13/h7-8,10-11H,1-6H2,(H,12,13). The highest BCUT2D eigenvalue weighted by molar-refractivity contribution is 7.90. The molecule has 6 nitrogen and oxygen atoms in total. The molecule has 0 heterocycles. The molecule has 0 aromatic rings. The number of aliphatic hydroxyl groups excluding tert-OH is 1. The van der Waals surface area contributed by atoms with Gasteiger partial charge in [-0.1, -0.05) is 19.3 Å². The van der Waals surface area contributed by atoms with E-state index in [1.807, 2.05) is 0 Å². The van der Waals surface area contributed by atoms with Crippen LogP contribution in [-0.2, 0) is 14.8 Å². The van der Waals surface area contributed by atoms with Gasteiger partial charge in [0.25, 0.3) is 0 Å². The molecule has 0 bridgehead atoms. The van der Waals surface area contributed by atoms with Gasteiger partial charge in [0.2, 0.25) is 10.0 Å². The van der Waals surface area contributed by atoms with E-state index in [0.29, 0.717) is 12.8 Å². The second kappa shape index (κ2) is 5.60. The highest BCUT2D eigenvalue weighted by atomic mass is 32.2. The van der Waals surface area contributed by atoms with Crippen molar-refractivity contribution in [2.75, 3.05) is 5.75 Å². The maximum atomic E-state index is 11.4. The quantitative estimate of drug-likeness (QED) is 0.594. The van der Waals surface area contributed by atoms with Crippen LogP contribution in [0.4, 0.5) is 0 Å². The number of nitrogens with one attached hydrogen (secondary N) is 1. The number of carbonyl (C=O) groups is 1. The van der Waals surface area contributed by atoms with E-state index < -0.39 is 33.9 Å². The highest BCUT2D eigenvalue weighted by Gasteiger charge is 2.27. The Hall–Kier alpha value is -0.660. The fourth-order valence-corrected chi connectivity index (χ4v) is 3.01. The molecule has 1 rings (SSSR count). The van der Waals surface area contributed by atoms with Crippen LogP contribution in [-0.4, -0.2) is 42.5 Å². The molecule has 7 heteroatoms. The van der Waals surface area contributed by atoms with Crippen molar-refractivity contribution >= 4 is 16.0 Å². The molecule has 16 heavy (non-hydrogen) atoms. The lowest BCUT2D eigenvalue weighted by molar-refractivity contribution is -0.134. The average Bonchev–Trinajstić information content (AvgIpc) is 2.29. The number of carboxylic acids is 1. The molecule has 0 saturated heterocycles. The molecule has 0 spiro atoms. The van der Waals surface area contributed by atoms with Crippen molar-refractivity contribution in [2.45, 2.75) is 44.2 Å². The maximum Gasteiger partial charge on any atom is 0.320 e. The van der Waals surface area contributed by atoms with E-state index >= 15 is 0 Å². The third-order valence-corrected chi connectivity index (χ3v) is 3.91. The molecule has 1 saturated carbocycles. The minimum Gasteiger partial charge on any atom is -0.480 e. The van der Waals surface area contributed by atoms with Crippen molar-refractivity contribution < 1.29 is 23.4 Å². The van der Waals surface area contributed by atoms with Crippen LogP contribution in [0.1, 0.15) is 32.1 Å². The lowest BCUT2D eigenvalue weighted by Gasteiger charge is -2.20. The van der Waals surface area contributed by atoms with Gasteiger partial charge >= 0.3 is 5.97 Å². The SMILES string of the molecule is O=C(O)CS(=O)(=O)NC1CCCCCC1O. The Kier molecular flexibility index (Phi) is 4.69. The first-order chi connectivity index (χ1) is 7.41. The van der Waals surface area contributed by atoms with E-state index in [2.05, 4.69) is 4.72 Å². The Labute approximate surface area is 94.7 Å². The van der Waals surface area contributed by atoms with Crippen LogP contribution in [0, 0.1) is 0 Å². The summed E-state index contributed by atoms with van der Waals surface area (Å²) in [6.07, 6.45) is 3.08. The van der Waals surface area contributed by atoms with Gasteiger partial charge in [-0.05, 0) is 12.8 Å². The Morgan fingerprint density at radius 2 is 1.88 bits per heavy atom. The van der Waals surface area contributed by atoms with Gasteiger partial charge in [0.15, 0.2) is 5.75 Å². The summed E-state index contributed by atoms with van der Waals surface area (Å²) >= 11 is 0. The van der Waals surface area contributed by atoms with Crippen molar-refractivity contribution in [3.63, 3.8) is 0 Å². The largest absolute Gasteiger partial charge is 0.480 e. The predicted octanol–water partition coefficient (Wildman–Crippen LogP) is -0.316. The average molecular weight is 251 g/mol. The van der Waals surface area contributed by atoms with Gasteiger partial charge < -0.3 is 10.2 Å². The number of hydrogen-bond donors (Lipinski definition) is 3. The van der Waals surface area contributed by atoms with E-state index in [9.17, 15) is 18.3 Å². The first kappa shape index (κ1) is 13.4. The molecule has 0 aromatic carbocycles. The van der Waals surface area contributed by atoms with Crippen molar-refractivity contribution in [1.82, 2.24) is 4.72 Å². The minimum absolute atomic E-state index is 0.549. The molecule has 0 aromatic heterocycles. The summed E-state index contributed by atoms with van der Waals surface area (Å²) < 4.78 is 25.0. The maximum absolute atomic E-state index is 11.4. The fourth-order valence-electron chi connectivity index (χ4n) is 1.86. The molecular weight excluding hydrogens is 234 g/mol. The molecule has 0 aliphatic heterocycles. The zero-order valence-electron chi connectivity index (χ0n) is 8.92. The monoisotopic (exact) mass is 251 g/mol. The van der Waals surface area contributed by atoms with Gasteiger partial charge in [0.05, 0.1) is 6.10 Å². The number of sulfonamides is 1. The Morgan fingerprint density at radius 3 is 2.50 bits per heavy atom. The zero-order valence-corrected chi connectivity index (χ0v) is 9.74. The third-order valence-electron chi connectivity index (χ3n) is 2.62. The normalized spacial score (nSPS) is 27.3. The van der Waals surface area contributed by atoms with Gasteiger partial charge in [-0.15, -0.1) is 0 Å². The van der Waals surface area contributed by atoms with Gasteiger partial charge in [-0.25, -0.2) is 13.1 Å². The second-order valence-corrected chi connectivity index (χ2v) is 5.84. The number of aliphatic carboxylic acids is 1. The van der Waals surface area contributed by atoms with Crippen molar-refractivity contribution in [2.24, 2.45) is 0 Å². The number of carboxylic acid groups (broad SMARTS) is 1. The van der Waals surface area contributed by atoms with E-state index in [0.717, 1.165) is 19.3 Å². The molecule has 3 N–H and O–H groups in total. The van der Waals surface area contributed by atoms with E-state index in [-0.39, 0.29) is 0 Å². The lowest BCUT2D eigenvalue weighted by atomic mass is 10.1. The summed E-state index contributed by atoms with van der Waals surface area (Å²) in [5.74, 6) is -2.34. The van der Waals surface area contributed by atoms with Crippen molar-refractivity contribution in [1.29, 1.82) is 0 Å². The summed E-state index contributed by atoms with van der Waals surface area (Å²) in [6, 6.07) is -0.549. The molecule has 1 fully saturated rings. The molecule has 2 unspecified atom stereocenters. The number of rotatable bonds is 4. The summed E-state index contributed by atoms with van der Waals surface area (Å²) in [7, 11) is -3.84. The predicted molar refractivity (Wildman–Crippen MR) is 57.4 cm³/mol. The summed E-state index contributed by atoms with van der Waals surface area (Å²) in [5.41, 5.74) is 0. The molecule has 94 valence electrons. The molecule has 0 radical (unpaired) electrons. The number of hydrogen-bond acceptors (Lipinski definition) is 4. The zero-order chi connectivity index (χ0) is 12.2. The van der Waals surface area contributed by atoms with E-state index in [4.69, 9.17) is 5.11 Å². The van der Waals surface area contributed by atoms with Crippen LogP contribution >= 0.6 is 0 Å². The fraction of sp³-hybridized carbons (Fsp3) is 0.889. The van der Waals surface area contributed by atoms with E-state index in [1.165, 1.54) is 0 Å². The highest BCUT2D eigenvalue weighted by Crippen LogP contribution is 2.18. The van der Waals surface area contributed by atoms with Gasteiger partial charge in [-0.2, -0.15) is 0 Å². The summed E-state index contributed by atoms with van der Waals surface area (Å²) in [4.78, 5) is 10.3.